The summed E-state index contributed by atoms with van der Waals surface area (Å²) in [7, 11) is 0. The number of carbonyl (C=O) groups excluding carboxylic acids is 1. The number of aromatic nitrogens is 1. The molecule has 5 heteroatoms. The maximum Gasteiger partial charge on any atom is 0.410 e. The highest BCUT2D eigenvalue weighted by atomic mass is 16.6. The molecule has 0 spiro atoms. The number of likely N-dealkylation sites (tertiary alicyclic amines) is 1. The van der Waals surface area contributed by atoms with Gasteiger partial charge < -0.3 is 19.9 Å². The van der Waals surface area contributed by atoms with Crippen molar-refractivity contribution in [2.75, 3.05) is 13.1 Å². The quantitative estimate of drug-likeness (QED) is 0.845. The minimum absolute atomic E-state index is 0.166. The SMILES string of the molecule is CC(C)(C)OC(=O)N1CC[C@H]2NCC(c3c[nH]c4ccccc34)[C@H]21. The second kappa shape index (κ2) is 5.52. The third kappa shape index (κ3) is 2.57. The first-order chi connectivity index (χ1) is 11.4. The lowest BCUT2D eigenvalue weighted by atomic mass is 9.91. The Kier molecular flexibility index (Phi) is 3.57. The fourth-order valence-electron chi connectivity index (χ4n) is 4.16. The van der Waals surface area contributed by atoms with Gasteiger partial charge in [0.15, 0.2) is 0 Å². The second-order valence-electron chi connectivity index (χ2n) is 7.86. The molecule has 2 aliphatic heterocycles. The molecular formula is C19H25N3O2. The number of hydrogen-bond donors (Lipinski definition) is 2. The summed E-state index contributed by atoms with van der Waals surface area (Å²) in [4.78, 5) is 17.9. The van der Waals surface area contributed by atoms with Gasteiger partial charge in [0.25, 0.3) is 0 Å². The average molecular weight is 327 g/mol. The molecular weight excluding hydrogens is 302 g/mol. The van der Waals surface area contributed by atoms with E-state index in [0.717, 1.165) is 25.0 Å². The van der Waals surface area contributed by atoms with Gasteiger partial charge in [0.05, 0.1) is 6.04 Å². The predicted molar refractivity (Wildman–Crippen MR) is 94.2 cm³/mol. The Morgan fingerprint density at radius 2 is 2.08 bits per heavy atom. The van der Waals surface area contributed by atoms with Gasteiger partial charge >= 0.3 is 6.09 Å². The lowest BCUT2D eigenvalue weighted by Crippen LogP contribution is -2.44. The Morgan fingerprint density at radius 3 is 2.88 bits per heavy atom. The van der Waals surface area contributed by atoms with Crippen LogP contribution in [0.15, 0.2) is 30.5 Å². The minimum atomic E-state index is -0.461. The van der Waals surface area contributed by atoms with E-state index < -0.39 is 5.60 Å². The fraction of sp³-hybridized carbons (Fsp3) is 0.526. The summed E-state index contributed by atoms with van der Waals surface area (Å²) < 4.78 is 5.63. The number of para-hydroxylation sites is 1. The molecule has 0 bridgehead atoms. The number of nitrogens with zero attached hydrogens (tertiary/aromatic N) is 1. The van der Waals surface area contributed by atoms with E-state index in [2.05, 4.69) is 34.7 Å². The first kappa shape index (κ1) is 15.5. The average Bonchev–Trinajstić information content (AvgIpc) is 3.18. The zero-order chi connectivity index (χ0) is 16.9. The maximum absolute atomic E-state index is 12.7. The molecule has 0 aliphatic carbocycles. The number of rotatable bonds is 1. The van der Waals surface area contributed by atoms with Crippen molar-refractivity contribution in [2.45, 2.75) is 50.8 Å². The number of benzene rings is 1. The van der Waals surface area contributed by atoms with Crippen LogP contribution in [0.1, 0.15) is 38.7 Å². The summed E-state index contributed by atoms with van der Waals surface area (Å²) in [6, 6.07) is 8.89. The number of amides is 1. The number of hydrogen-bond acceptors (Lipinski definition) is 3. The summed E-state index contributed by atoms with van der Waals surface area (Å²) in [5.74, 6) is 0.293. The van der Waals surface area contributed by atoms with Crippen molar-refractivity contribution in [3.63, 3.8) is 0 Å². The van der Waals surface area contributed by atoms with Gasteiger partial charge in [-0.1, -0.05) is 18.2 Å². The van der Waals surface area contributed by atoms with E-state index in [1.807, 2.05) is 31.7 Å². The van der Waals surface area contributed by atoms with Crippen LogP contribution in [0.4, 0.5) is 4.79 Å². The molecule has 0 radical (unpaired) electrons. The largest absolute Gasteiger partial charge is 0.444 e. The van der Waals surface area contributed by atoms with Gasteiger partial charge in [0.1, 0.15) is 5.60 Å². The highest BCUT2D eigenvalue weighted by molar-refractivity contribution is 5.84. The first-order valence-corrected chi connectivity index (χ1v) is 8.73. The van der Waals surface area contributed by atoms with Crippen molar-refractivity contribution >= 4 is 17.0 Å². The van der Waals surface area contributed by atoms with Crippen molar-refractivity contribution in [1.29, 1.82) is 0 Å². The highest BCUT2D eigenvalue weighted by Gasteiger charge is 2.48. The molecule has 24 heavy (non-hydrogen) atoms. The molecule has 2 aliphatic rings. The molecule has 0 saturated carbocycles. The van der Waals surface area contributed by atoms with Gasteiger partial charge in [-0.05, 0) is 38.8 Å². The Balaban J connectivity index is 1.64. The molecule has 128 valence electrons. The fourth-order valence-corrected chi connectivity index (χ4v) is 4.16. The molecule has 2 fully saturated rings. The van der Waals surface area contributed by atoms with Gasteiger partial charge in [-0.3, -0.25) is 0 Å². The summed E-state index contributed by atoms with van der Waals surface area (Å²) in [6.45, 7) is 7.42. The number of ether oxygens (including phenoxy) is 1. The molecule has 1 aromatic carbocycles. The zero-order valence-electron chi connectivity index (χ0n) is 14.5. The van der Waals surface area contributed by atoms with Gasteiger partial charge in [0.2, 0.25) is 0 Å². The van der Waals surface area contributed by atoms with Crippen LogP contribution in [-0.4, -0.2) is 46.8 Å². The molecule has 5 nitrogen and oxygen atoms in total. The van der Waals surface area contributed by atoms with Crippen LogP contribution in [0.5, 0.6) is 0 Å². The molecule has 3 heterocycles. The molecule has 1 amide bonds. The van der Waals surface area contributed by atoms with Crippen LogP contribution < -0.4 is 5.32 Å². The normalized spacial score (nSPS) is 26.8. The molecule has 3 atom stereocenters. The lowest BCUT2D eigenvalue weighted by Gasteiger charge is -2.31. The Bertz CT molecular complexity index is 761. The molecule has 4 rings (SSSR count). The van der Waals surface area contributed by atoms with Crippen LogP contribution >= 0.6 is 0 Å². The van der Waals surface area contributed by atoms with E-state index in [0.29, 0.717) is 12.0 Å². The summed E-state index contributed by atoms with van der Waals surface area (Å²) >= 11 is 0. The van der Waals surface area contributed by atoms with Crippen molar-refractivity contribution in [3.05, 3.63) is 36.0 Å². The van der Waals surface area contributed by atoms with Crippen LogP contribution in [0.2, 0.25) is 0 Å². The molecule has 2 N–H and O–H groups in total. The maximum atomic E-state index is 12.7. The number of H-pyrrole nitrogens is 1. The van der Waals surface area contributed by atoms with E-state index in [9.17, 15) is 4.79 Å². The first-order valence-electron chi connectivity index (χ1n) is 8.73. The minimum Gasteiger partial charge on any atom is -0.444 e. The number of nitrogens with one attached hydrogen (secondary N) is 2. The zero-order valence-corrected chi connectivity index (χ0v) is 14.5. The van der Waals surface area contributed by atoms with Crippen LogP contribution in [0.3, 0.4) is 0 Å². The van der Waals surface area contributed by atoms with Gasteiger partial charge in [-0.2, -0.15) is 0 Å². The van der Waals surface area contributed by atoms with Crippen molar-refractivity contribution in [3.8, 4) is 0 Å². The molecule has 1 aromatic heterocycles. The van der Waals surface area contributed by atoms with Crippen molar-refractivity contribution in [1.82, 2.24) is 15.2 Å². The Morgan fingerprint density at radius 1 is 1.29 bits per heavy atom. The topological polar surface area (TPSA) is 57.4 Å². The van der Waals surface area contributed by atoms with Crippen LogP contribution in [0, 0.1) is 0 Å². The summed E-state index contributed by atoms with van der Waals surface area (Å²) in [5, 5.41) is 4.86. The van der Waals surface area contributed by atoms with Crippen LogP contribution in [0.25, 0.3) is 10.9 Å². The number of carbonyl (C=O) groups is 1. The Hall–Kier alpha value is -2.01. The van der Waals surface area contributed by atoms with E-state index in [-0.39, 0.29) is 12.1 Å². The summed E-state index contributed by atoms with van der Waals surface area (Å²) in [5.41, 5.74) is 1.98. The van der Waals surface area contributed by atoms with E-state index >= 15 is 0 Å². The van der Waals surface area contributed by atoms with Gasteiger partial charge in [-0.25, -0.2) is 4.79 Å². The van der Waals surface area contributed by atoms with E-state index in [1.165, 1.54) is 10.9 Å². The Labute approximate surface area is 142 Å². The third-order valence-corrected chi connectivity index (χ3v) is 5.11. The van der Waals surface area contributed by atoms with E-state index in [4.69, 9.17) is 4.74 Å². The van der Waals surface area contributed by atoms with Crippen molar-refractivity contribution < 1.29 is 9.53 Å². The third-order valence-electron chi connectivity index (χ3n) is 5.11. The predicted octanol–water partition coefficient (Wildman–Crippen LogP) is 3.23. The standard InChI is InChI=1S/C19H25N3O2/c1-19(2,3)24-18(23)22-9-8-16-17(22)14(11-21-16)13-10-20-15-7-5-4-6-12(13)15/h4-7,10,14,16-17,20-21H,8-9,11H2,1-3H3/t14?,16-,17-/m1/s1. The molecule has 2 aromatic rings. The molecule has 1 unspecified atom stereocenters. The van der Waals surface area contributed by atoms with Gasteiger partial charge in [0, 0.05) is 42.1 Å². The highest BCUT2D eigenvalue weighted by Crippen LogP contribution is 2.39. The van der Waals surface area contributed by atoms with Gasteiger partial charge in [-0.15, -0.1) is 0 Å². The second-order valence-corrected chi connectivity index (χ2v) is 7.86. The lowest BCUT2D eigenvalue weighted by molar-refractivity contribution is 0.0215. The van der Waals surface area contributed by atoms with E-state index in [1.54, 1.807) is 0 Å². The molecule has 2 saturated heterocycles. The summed E-state index contributed by atoms with van der Waals surface area (Å²) in [6.07, 6.45) is 2.90. The number of fused-ring (bicyclic) bond motifs is 2. The van der Waals surface area contributed by atoms with Crippen LogP contribution in [-0.2, 0) is 4.74 Å². The number of aromatic amines is 1. The smallest absolute Gasteiger partial charge is 0.410 e. The monoisotopic (exact) mass is 327 g/mol. The van der Waals surface area contributed by atoms with Crippen molar-refractivity contribution in [2.24, 2.45) is 0 Å².